The van der Waals surface area contributed by atoms with Gasteiger partial charge in [-0.1, -0.05) is 52.3 Å². The molecule has 0 heterocycles. The normalized spacial score (nSPS) is 19.7. The molecule has 0 N–H and O–H groups in total. The van der Waals surface area contributed by atoms with E-state index in [4.69, 9.17) is 0 Å². The third-order valence-corrected chi connectivity index (χ3v) is 3.84. The molecule has 16 heavy (non-hydrogen) atoms. The fourth-order valence-corrected chi connectivity index (χ4v) is 2.80. The molecule has 1 aromatic carbocycles. The molecule has 0 fully saturated rings. The van der Waals surface area contributed by atoms with Gasteiger partial charge in [0, 0.05) is 0 Å². The van der Waals surface area contributed by atoms with Gasteiger partial charge in [0.25, 0.3) is 0 Å². The third-order valence-electron chi connectivity index (χ3n) is 3.84. The molecule has 2 unspecified atom stereocenters. The van der Waals surface area contributed by atoms with Crippen LogP contribution in [0.4, 0.5) is 0 Å². The molecule has 0 nitrogen and oxygen atoms in total. The topological polar surface area (TPSA) is 0 Å². The second-order valence-corrected chi connectivity index (χ2v) is 4.68. The van der Waals surface area contributed by atoms with Gasteiger partial charge in [-0.05, 0) is 48.3 Å². The minimum absolute atomic E-state index is 0.830. The van der Waals surface area contributed by atoms with Crippen LogP contribution in [0.1, 0.15) is 63.1 Å². The Hall–Kier alpha value is -0.780. The summed E-state index contributed by atoms with van der Waals surface area (Å²) in [5, 5.41) is 0. The maximum atomic E-state index is 2.40. The molecular weight excluding hydrogens is 192 g/mol. The van der Waals surface area contributed by atoms with Crippen LogP contribution in [0.25, 0.3) is 0 Å². The third kappa shape index (κ3) is 2.48. The van der Waals surface area contributed by atoms with Gasteiger partial charge >= 0.3 is 0 Å². The summed E-state index contributed by atoms with van der Waals surface area (Å²) in [6, 6.07) is 6.78. The molecule has 0 saturated carbocycles. The van der Waals surface area contributed by atoms with Crippen LogP contribution >= 0.6 is 0 Å². The summed E-state index contributed by atoms with van der Waals surface area (Å²) in [6.45, 7) is 11.0. The molecule has 0 bridgehead atoms. The van der Waals surface area contributed by atoms with Crippen molar-refractivity contribution in [3.8, 4) is 0 Å². The zero-order chi connectivity index (χ0) is 12.1. The number of aryl methyl sites for hydroxylation is 2. The van der Waals surface area contributed by atoms with E-state index >= 15 is 0 Å². The predicted molar refractivity (Wildman–Crippen MR) is 73.0 cm³/mol. The van der Waals surface area contributed by atoms with Gasteiger partial charge in [-0.15, -0.1) is 0 Å². The summed E-state index contributed by atoms with van der Waals surface area (Å²) in [4.78, 5) is 0. The number of benzene rings is 1. The van der Waals surface area contributed by atoms with Crippen molar-refractivity contribution in [3.05, 3.63) is 34.9 Å². The van der Waals surface area contributed by atoms with Crippen molar-refractivity contribution in [1.29, 1.82) is 0 Å². The molecule has 1 aliphatic carbocycles. The van der Waals surface area contributed by atoms with Gasteiger partial charge < -0.3 is 0 Å². The van der Waals surface area contributed by atoms with Gasteiger partial charge in [0.05, 0.1) is 0 Å². The Labute approximate surface area is 101 Å². The Morgan fingerprint density at radius 2 is 2.00 bits per heavy atom. The Morgan fingerprint density at radius 3 is 2.62 bits per heavy atom. The summed E-state index contributed by atoms with van der Waals surface area (Å²) in [6.07, 6.45) is 3.97. The summed E-state index contributed by atoms with van der Waals surface area (Å²) < 4.78 is 0. The quantitative estimate of drug-likeness (QED) is 0.648. The first-order valence-corrected chi connectivity index (χ1v) is 6.82. The highest BCUT2D eigenvalue weighted by atomic mass is 14.3. The van der Waals surface area contributed by atoms with Gasteiger partial charge in [-0.2, -0.15) is 0 Å². The van der Waals surface area contributed by atoms with Gasteiger partial charge in [-0.25, -0.2) is 0 Å². The average Bonchev–Trinajstić information content (AvgIpc) is 2.76. The van der Waals surface area contributed by atoms with Gasteiger partial charge in [-0.3, -0.25) is 0 Å². The Morgan fingerprint density at radius 1 is 1.31 bits per heavy atom. The highest BCUT2D eigenvalue weighted by molar-refractivity contribution is 5.41. The number of hydrogen-bond donors (Lipinski definition) is 0. The van der Waals surface area contributed by atoms with Crippen molar-refractivity contribution < 1.29 is 0 Å². The maximum absolute atomic E-state index is 2.40. The summed E-state index contributed by atoms with van der Waals surface area (Å²) in [5.41, 5.74) is 4.78. The van der Waals surface area contributed by atoms with Crippen LogP contribution < -0.4 is 0 Å². The molecule has 90 valence electrons. The Bertz CT molecular complexity index is 325. The fourth-order valence-electron chi connectivity index (χ4n) is 2.80. The molecule has 0 saturated heterocycles. The van der Waals surface area contributed by atoms with Crippen LogP contribution in [-0.4, -0.2) is 0 Å². The van der Waals surface area contributed by atoms with Crippen LogP contribution in [0, 0.1) is 12.8 Å². The van der Waals surface area contributed by atoms with E-state index in [0.717, 1.165) is 11.8 Å². The molecule has 0 amide bonds. The van der Waals surface area contributed by atoms with Gasteiger partial charge in [0.15, 0.2) is 0 Å². The largest absolute Gasteiger partial charge is 0.0683 e. The minimum atomic E-state index is 0.830. The van der Waals surface area contributed by atoms with Crippen molar-refractivity contribution in [1.82, 2.24) is 0 Å². The molecular formula is C16H26. The van der Waals surface area contributed by atoms with Gasteiger partial charge in [0.2, 0.25) is 0 Å². The van der Waals surface area contributed by atoms with Crippen LogP contribution in [0.15, 0.2) is 18.2 Å². The van der Waals surface area contributed by atoms with Crippen molar-refractivity contribution in [2.24, 2.45) is 5.92 Å². The Kier molecular flexibility index (Phi) is 5.05. The highest BCUT2D eigenvalue weighted by Crippen LogP contribution is 2.40. The van der Waals surface area contributed by atoms with E-state index in [0.29, 0.717) is 0 Å². The van der Waals surface area contributed by atoms with Crippen LogP contribution in [-0.2, 0) is 6.42 Å². The number of hydrogen-bond acceptors (Lipinski definition) is 0. The molecule has 0 aromatic heterocycles. The van der Waals surface area contributed by atoms with Crippen molar-refractivity contribution in [2.45, 2.75) is 59.8 Å². The van der Waals surface area contributed by atoms with Gasteiger partial charge in [0.1, 0.15) is 0 Å². The average molecular weight is 218 g/mol. The molecule has 2 atom stereocenters. The molecule has 0 spiro atoms. The van der Waals surface area contributed by atoms with Crippen molar-refractivity contribution in [3.63, 3.8) is 0 Å². The zero-order valence-corrected chi connectivity index (χ0v) is 11.5. The van der Waals surface area contributed by atoms with E-state index in [1.807, 2.05) is 13.8 Å². The molecule has 0 heteroatoms. The first-order chi connectivity index (χ1) is 7.74. The van der Waals surface area contributed by atoms with Crippen LogP contribution in [0.3, 0.4) is 0 Å². The van der Waals surface area contributed by atoms with E-state index in [-0.39, 0.29) is 0 Å². The van der Waals surface area contributed by atoms with E-state index in [9.17, 15) is 0 Å². The summed E-state index contributed by atoms with van der Waals surface area (Å²) >= 11 is 0. The fraction of sp³-hybridized carbons (Fsp3) is 0.625. The summed E-state index contributed by atoms with van der Waals surface area (Å²) in [7, 11) is 0. The first-order valence-electron chi connectivity index (χ1n) is 6.82. The monoisotopic (exact) mass is 218 g/mol. The molecule has 0 radical (unpaired) electrons. The lowest BCUT2D eigenvalue weighted by atomic mass is 9.85. The molecule has 0 aliphatic heterocycles. The molecule has 1 aliphatic rings. The number of fused-ring (bicyclic) bond motifs is 1. The second kappa shape index (κ2) is 6.08. The Balaban J connectivity index is 0.000000606. The van der Waals surface area contributed by atoms with E-state index in [1.165, 1.54) is 24.8 Å². The standard InChI is InChI=1S/C14H20.C2H6/c1-4-10(2)13-9-8-12-7-5-6-11(3)14(12)13;1-2/h5-7,10,13H,4,8-9H2,1-3H3;1-2H3. The highest BCUT2D eigenvalue weighted by Gasteiger charge is 2.27. The van der Waals surface area contributed by atoms with Crippen LogP contribution in [0.2, 0.25) is 0 Å². The minimum Gasteiger partial charge on any atom is -0.0683 e. The van der Waals surface area contributed by atoms with E-state index in [1.54, 1.807) is 11.1 Å². The maximum Gasteiger partial charge on any atom is -0.0128 e. The van der Waals surface area contributed by atoms with Crippen molar-refractivity contribution in [2.75, 3.05) is 0 Å². The lowest BCUT2D eigenvalue weighted by Crippen LogP contribution is -2.06. The first kappa shape index (κ1) is 13.3. The van der Waals surface area contributed by atoms with Crippen LogP contribution in [0.5, 0.6) is 0 Å². The lowest BCUT2D eigenvalue weighted by molar-refractivity contribution is 0.442. The zero-order valence-electron chi connectivity index (χ0n) is 11.5. The molecule has 1 aromatic rings. The SMILES string of the molecule is CC.CCC(C)C1CCc2cccc(C)c21. The summed E-state index contributed by atoms with van der Waals surface area (Å²) in [5.74, 6) is 1.67. The second-order valence-electron chi connectivity index (χ2n) is 4.68. The van der Waals surface area contributed by atoms with E-state index in [2.05, 4.69) is 39.0 Å². The smallest absolute Gasteiger partial charge is 0.0128 e. The predicted octanol–water partition coefficient (Wildman–Crippen LogP) is 5.10. The lowest BCUT2D eigenvalue weighted by Gasteiger charge is -2.20. The molecule has 2 rings (SSSR count). The van der Waals surface area contributed by atoms with E-state index < -0.39 is 0 Å². The van der Waals surface area contributed by atoms with Crippen molar-refractivity contribution >= 4 is 0 Å². The number of rotatable bonds is 2.